The molecule has 3 aromatic rings. The first-order valence-electron chi connectivity index (χ1n) is 6.16. The Bertz CT molecular complexity index is 765. The summed E-state index contributed by atoms with van der Waals surface area (Å²) < 4.78 is 10.9. The van der Waals surface area contributed by atoms with Gasteiger partial charge >= 0.3 is 0 Å². The first-order chi connectivity index (χ1) is 9.26. The quantitative estimate of drug-likeness (QED) is 0.652. The van der Waals surface area contributed by atoms with E-state index in [0.717, 1.165) is 38.9 Å². The number of pyridine rings is 1. The third-order valence-electron chi connectivity index (χ3n) is 3.39. The molecule has 3 rings (SSSR count). The van der Waals surface area contributed by atoms with Gasteiger partial charge in [0.1, 0.15) is 0 Å². The SMILES string of the molecule is COc1ccc2c(c(C)nc3ccccc32)c1OC. The molecule has 0 aliphatic carbocycles. The number of nitrogens with zero attached hydrogens (tertiary/aromatic N) is 1. The highest BCUT2D eigenvalue weighted by molar-refractivity contribution is 6.09. The van der Waals surface area contributed by atoms with Gasteiger partial charge < -0.3 is 9.47 Å². The Balaban J connectivity index is 2.54. The minimum atomic E-state index is 0.732. The molecule has 0 bridgehead atoms. The van der Waals surface area contributed by atoms with Crippen LogP contribution in [0.4, 0.5) is 0 Å². The van der Waals surface area contributed by atoms with Crippen molar-refractivity contribution in [3.8, 4) is 11.5 Å². The van der Waals surface area contributed by atoms with E-state index in [2.05, 4.69) is 17.1 Å². The van der Waals surface area contributed by atoms with E-state index in [1.54, 1.807) is 14.2 Å². The number of fused-ring (bicyclic) bond motifs is 3. The Morgan fingerprint density at radius 2 is 1.68 bits per heavy atom. The van der Waals surface area contributed by atoms with E-state index in [9.17, 15) is 0 Å². The molecule has 96 valence electrons. The van der Waals surface area contributed by atoms with E-state index in [4.69, 9.17) is 9.47 Å². The zero-order chi connectivity index (χ0) is 13.4. The van der Waals surface area contributed by atoms with Gasteiger partial charge in [-0.3, -0.25) is 4.98 Å². The predicted molar refractivity (Wildman–Crippen MR) is 77.1 cm³/mol. The molecule has 0 saturated carbocycles. The Morgan fingerprint density at radius 3 is 2.42 bits per heavy atom. The normalized spacial score (nSPS) is 10.9. The molecular weight excluding hydrogens is 238 g/mol. The lowest BCUT2D eigenvalue weighted by Gasteiger charge is -2.13. The van der Waals surface area contributed by atoms with Gasteiger partial charge in [0.25, 0.3) is 0 Å². The van der Waals surface area contributed by atoms with E-state index >= 15 is 0 Å². The molecule has 2 aromatic carbocycles. The number of rotatable bonds is 2. The summed E-state index contributed by atoms with van der Waals surface area (Å²) in [5, 5.41) is 3.28. The maximum absolute atomic E-state index is 5.51. The van der Waals surface area contributed by atoms with Crippen LogP contribution in [-0.2, 0) is 0 Å². The molecule has 3 heteroatoms. The van der Waals surface area contributed by atoms with Gasteiger partial charge in [0, 0.05) is 16.5 Å². The average Bonchev–Trinajstić information content (AvgIpc) is 2.46. The molecule has 0 N–H and O–H groups in total. The van der Waals surface area contributed by atoms with Crippen LogP contribution < -0.4 is 9.47 Å². The van der Waals surface area contributed by atoms with Crippen molar-refractivity contribution in [3.63, 3.8) is 0 Å². The number of hydrogen-bond acceptors (Lipinski definition) is 3. The molecule has 0 unspecified atom stereocenters. The van der Waals surface area contributed by atoms with Crippen LogP contribution in [-0.4, -0.2) is 19.2 Å². The second kappa shape index (κ2) is 4.43. The third-order valence-corrected chi connectivity index (χ3v) is 3.39. The van der Waals surface area contributed by atoms with E-state index in [1.165, 1.54) is 0 Å². The van der Waals surface area contributed by atoms with E-state index in [1.807, 2.05) is 31.2 Å². The lowest BCUT2D eigenvalue weighted by atomic mass is 10.0. The molecule has 1 heterocycles. The number of benzene rings is 2. The van der Waals surface area contributed by atoms with Crippen LogP contribution in [0, 0.1) is 6.92 Å². The predicted octanol–water partition coefficient (Wildman–Crippen LogP) is 3.71. The summed E-state index contributed by atoms with van der Waals surface area (Å²) in [4.78, 5) is 4.65. The highest BCUT2D eigenvalue weighted by atomic mass is 16.5. The maximum Gasteiger partial charge on any atom is 0.170 e. The molecule has 1 aromatic heterocycles. The fourth-order valence-corrected chi connectivity index (χ4v) is 2.55. The third kappa shape index (κ3) is 1.70. The minimum Gasteiger partial charge on any atom is -0.493 e. The molecule has 0 aliphatic heterocycles. The summed E-state index contributed by atoms with van der Waals surface area (Å²) in [6.45, 7) is 2.00. The Labute approximate surface area is 111 Å². The molecule has 0 aliphatic rings. The molecule has 0 atom stereocenters. The van der Waals surface area contributed by atoms with E-state index in [-0.39, 0.29) is 0 Å². The Morgan fingerprint density at radius 1 is 0.895 bits per heavy atom. The zero-order valence-corrected chi connectivity index (χ0v) is 11.2. The van der Waals surface area contributed by atoms with Crippen molar-refractivity contribution in [1.82, 2.24) is 4.98 Å². The van der Waals surface area contributed by atoms with Gasteiger partial charge in [-0.15, -0.1) is 0 Å². The van der Waals surface area contributed by atoms with Gasteiger partial charge in [0.15, 0.2) is 11.5 Å². The number of ether oxygens (including phenoxy) is 2. The molecular formula is C16H15NO2. The molecule has 0 amide bonds. The van der Waals surface area contributed by atoms with E-state index in [0.29, 0.717) is 0 Å². The monoisotopic (exact) mass is 253 g/mol. The highest BCUT2D eigenvalue weighted by Gasteiger charge is 2.14. The largest absolute Gasteiger partial charge is 0.493 e. The summed E-state index contributed by atoms with van der Waals surface area (Å²) in [5.41, 5.74) is 1.95. The lowest BCUT2D eigenvalue weighted by Crippen LogP contribution is -1.95. The minimum absolute atomic E-state index is 0.732. The molecule has 0 fully saturated rings. The first kappa shape index (κ1) is 11.8. The standard InChI is InChI=1S/C16H15NO2/c1-10-15-12(8-9-14(18-2)16(15)19-3)11-6-4-5-7-13(11)17-10/h4-9H,1-3H3. The van der Waals surface area contributed by atoms with Gasteiger partial charge in [-0.1, -0.05) is 18.2 Å². The molecule has 19 heavy (non-hydrogen) atoms. The second-order valence-electron chi connectivity index (χ2n) is 4.44. The van der Waals surface area contributed by atoms with E-state index < -0.39 is 0 Å². The van der Waals surface area contributed by atoms with Crippen molar-refractivity contribution >= 4 is 21.7 Å². The fourth-order valence-electron chi connectivity index (χ4n) is 2.55. The summed E-state index contributed by atoms with van der Waals surface area (Å²) in [7, 11) is 3.30. The van der Waals surface area contributed by atoms with Gasteiger partial charge in [-0.2, -0.15) is 0 Å². The summed E-state index contributed by atoms with van der Waals surface area (Å²) >= 11 is 0. The van der Waals surface area contributed by atoms with Crippen LogP contribution in [0.15, 0.2) is 36.4 Å². The van der Waals surface area contributed by atoms with Crippen molar-refractivity contribution < 1.29 is 9.47 Å². The first-order valence-corrected chi connectivity index (χ1v) is 6.16. The van der Waals surface area contributed by atoms with Crippen LogP contribution in [0.5, 0.6) is 11.5 Å². The van der Waals surface area contributed by atoms with Crippen LogP contribution >= 0.6 is 0 Å². The number of para-hydroxylation sites is 1. The van der Waals surface area contributed by atoms with Crippen molar-refractivity contribution in [1.29, 1.82) is 0 Å². The summed E-state index contributed by atoms with van der Waals surface area (Å²) in [6, 6.07) is 12.1. The van der Waals surface area contributed by atoms with Gasteiger partial charge in [-0.25, -0.2) is 0 Å². The van der Waals surface area contributed by atoms with Crippen molar-refractivity contribution in [3.05, 3.63) is 42.1 Å². The summed E-state index contributed by atoms with van der Waals surface area (Å²) in [5.74, 6) is 1.48. The van der Waals surface area contributed by atoms with Gasteiger partial charge in [-0.05, 0) is 30.5 Å². The van der Waals surface area contributed by atoms with Gasteiger partial charge in [0.05, 0.1) is 19.7 Å². The van der Waals surface area contributed by atoms with Crippen LogP contribution in [0.2, 0.25) is 0 Å². The Hall–Kier alpha value is -2.29. The van der Waals surface area contributed by atoms with Crippen molar-refractivity contribution in [2.24, 2.45) is 0 Å². The number of methoxy groups -OCH3 is 2. The topological polar surface area (TPSA) is 31.4 Å². The maximum atomic E-state index is 5.51. The van der Waals surface area contributed by atoms with Crippen molar-refractivity contribution in [2.75, 3.05) is 14.2 Å². The molecule has 0 spiro atoms. The number of aryl methyl sites for hydroxylation is 1. The molecule has 0 saturated heterocycles. The highest BCUT2D eigenvalue weighted by Crippen LogP contribution is 2.39. The fraction of sp³-hybridized carbons (Fsp3) is 0.188. The Kier molecular flexibility index (Phi) is 2.75. The van der Waals surface area contributed by atoms with Crippen molar-refractivity contribution in [2.45, 2.75) is 6.92 Å². The van der Waals surface area contributed by atoms with Gasteiger partial charge in [0.2, 0.25) is 0 Å². The van der Waals surface area contributed by atoms with Crippen LogP contribution in [0.3, 0.4) is 0 Å². The smallest absolute Gasteiger partial charge is 0.170 e. The van der Waals surface area contributed by atoms with Crippen LogP contribution in [0.25, 0.3) is 21.7 Å². The number of aromatic nitrogens is 1. The van der Waals surface area contributed by atoms with Crippen LogP contribution in [0.1, 0.15) is 5.69 Å². The molecule has 0 radical (unpaired) electrons. The average molecular weight is 253 g/mol. The molecule has 3 nitrogen and oxygen atoms in total. The lowest BCUT2D eigenvalue weighted by molar-refractivity contribution is 0.358. The zero-order valence-electron chi connectivity index (χ0n) is 11.2. The second-order valence-corrected chi connectivity index (χ2v) is 4.44. The summed E-state index contributed by atoms with van der Waals surface area (Å²) in [6.07, 6.45) is 0. The number of hydrogen-bond donors (Lipinski definition) is 0.